The van der Waals surface area contributed by atoms with Crippen LogP contribution in [0.2, 0.25) is 0 Å². The van der Waals surface area contributed by atoms with E-state index in [4.69, 9.17) is 9.47 Å². The molecule has 0 bridgehead atoms. The number of alkyl halides is 3. The van der Waals surface area contributed by atoms with E-state index in [1.165, 1.54) is 18.2 Å². The first-order chi connectivity index (χ1) is 12.2. The average Bonchev–Trinajstić information content (AvgIpc) is 3.05. The van der Waals surface area contributed by atoms with E-state index >= 15 is 0 Å². The summed E-state index contributed by atoms with van der Waals surface area (Å²) in [5, 5.41) is 20.0. The van der Waals surface area contributed by atoms with Crippen molar-refractivity contribution in [3.05, 3.63) is 42.0 Å². The topological polar surface area (TPSA) is 76.0 Å². The van der Waals surface area contributed by atoms with Gasteiger partial charge in [0.25, 0.3) is 0 Å². The van der Waals surface area contributed by atoms with Crippen LogP contribution < -0.4 is 4.74 Å². The number of carbonyl (C=O) groups excluding carboxylic acids is 1. The van der Waals surface area contributed by atoms with Crippen LogP contribution in [-0.2, 0) is 15.7 Å². The van der Waals surface area contributed by atoms with Crippen molar-refractivity contribution in [1.82, 2.24) is 0 Å². The van der Waals surface area contributed by atoms with Crippen LogP contribution >= 0.6 is 0 Å². The second-order valence-electron chi connectivity index (χ2n) is 6.57. The summed E-state index contributed by atoms with van der Waals surface area (Å²) in [5.74, 6) is -0.721. The molecule has 1 aliphatic carbocycles. The summed E-state index contributed by atoms with van der Waals surface area (Å²) in [6.07, 6.45) is -2.85. The van der Waals surface area contributed by atoms with Crippen LogP contribution in [0.5, 0.6) is 5.75 Å². The van der Waals surface area contributed by atoms with Crippen LogP contribution in [0.4, 0.5) is 13.2 Å². The molecule has 0 aromatic heterocycles. The third-order valence-corrected chi connectivity index (χ3v) is 4.71. The Kier molecular flexibility index (Phi) is 5.24. The second kappa shape index (κ2) is 7.28. The summed E-state index contributed by atoms with van der Waals surface area (Å²) < 4.78 is 48.3. The van der Waals surface area contributed by atoms with E-state index in [-0.39, 0.29) is 42.7 Å². The SMILES string of the molecule is O=C1C[C@@H]2[C@@H](/C=C/C(O)COc3cccc(C(F)(F)F)c3)[C@H](O)C[C@@H]2O1. The first-order valence-corrected chi connectivity index (χ1v) is 8.28. The summed E-state index contributed by atoms with van der Waals surface area (Å²) in [4.78, 5) is 11.3. The number of aliphatic hydroxyl groups excluding tert-OH is 2. The molecule has 5 atom stereocenters. The molecule has 1 saturated carbocycles. The maximum atomic E-state index is 12.7. The van der Waals surface area contributed by atoms with Crippen LogP contribution in [0.3, 0.4) is 0 Å². The van der Waals surface area contributed by atoms with E-state index in [1.807, 2.05) is 0 Å². The molecule has 2 N–H and O–H groups in total. The minimum Gasteiger partial charge on any atom is -0.491 e. The van der Waals surface area contributed by atoms with Gasteiger partial charge in [-0.2, -0.15) is 13.2 Å². The van der Waals surface area contributed by atoms with Gasteiger partial charge in [-0.1, -0.05) is 18.2 Å². The fraction of sp³-hybridized carbons (Fsp3) is 0.500. The number of aliphatic hydroxyl groups is 2. The molecule has 2 fully saturated rings. The van der Waals surface area contributed by atoms with E-state index < -0.39 is 23.9 Å². The van der Waals surface area contributed by atoms with Gasteiger partial charge in [0, 0.05) is 18.3 Å². The number of hydrogen-bond acceptors (Lipinski definition) is 5. The van der Waals surface area contributed by atoms with Gasteiger partial charge in [-0.05, 0) is 18.2 Å². The van der Waals surface area contributed by atoms with Gasteiger partial charge in [0.2, 0.25) is 0 Å². The van der Waals surface area contributed by atoms with Crippen molar-refractivity contribution in [2.45, 2.75) is 37.3 Å². The quantitative estimate of drug-likeness (QED) is 0.613. The first kappa shape index (κ1) is 18.7. The smallest absolute Gasteiger partial charge is 0.416 e. The standard InChI is InChI=1S/C18H19F3O5/c19-18(20,21)10-2-1-3-12(6-10)25-9-11(22)4-5-13-14-7-17(24)26-16(14)8-15(13)23/h1-6,11,13-16,22-23H,7-9H2/b5-4+/t11?,13-,14-,15-,16+/m1/s1. The molecule has 8 heteroatoms. The van der Waals surface area contributed by atoms with Gasteiger partial charge in [-0.25, -0.2) is 0 Å². The Hall–Kier alpha value is -2.06. The Morgan fingerprint density at radius 1 is 1.38 bits per heavy atom. The van der Waals surface area contributed by atoms with Crippen molar-refractivity contribution in [3.8, 4) is 5.75 Å². The van der Waals surface area contributed by atoms with Gasteiger partial charge in [-0.15, -0.1) is 0 Å². The molecule has 1 saturated heterocycles. The number of esters is 1. The largest absolute Gasteiger partial charge is 0.491 e. The fourth-order valence-corrected chi connectivity index (χ4v) is 3.44. The molecule has 5 nitrogen and oxygen atoms in total. The number of halogens is 3. The van der Waals surface area contributed by atoms with Gasteiger partial charge in [0.1, 0.15) is 24.6 Å². The summed E-state index contributed by atoms with van der Waals surface area (Å²) in [6.45, 7) is -0.232. The molecule has 1 aromatic carbocycles. The Balaban J connectivity index is 1.55. The maximum absolute atomic E-state index is 12.7. The normalized spacial score (nSPS) is 29.7. The van der Waals surface area contributed by atoms with Crippen molar-refractivity contribution < 1.29 is 37.7 Å². The number of hydrogen-bond donors (Lipinski definition) is 2. The molecular formula is C18H19F3O5. The van der Waals surface area contributed by atoms with Gasteiger partial charge in [-0.3, -0.25) is 4.79 Å². The number of rotatable bonds is 5. The Morgan fingerprint density at radius 2 is 2.15 bits per heavy atom. The zero-order chi connectivity index (χ0) is 18.9. The molecule has 1 heterocycles. The first-order valence-electron chi connectivity index (χ1n) is 8.28. The van der Waals surface area contributed by atoms with E-state index in [0.29, 0.717) is 6.42 Å². The van der Waals surface area contributed by atoms with Crippen molar-refractivity contribution in [3.63, 3.8) is 0 Å². The van der Waals surface area contributed by atoms with E-state index in [2.05, 4.69) is 0 Å². The molecule has 1 aliphatic heterocycles. The minimum absolute atomic E-state index is 0.00281. The average molecular weight is 372 g/mol. The molecular weight excluding hydrogens is 353 g/mol. The van der Waals surface area contributed by atoms with Crippen molar-refractivity contribution in [2.75, 3.05) is 6.61 Å². The van der Waals surface area contributed by atoms with Crippen molar-refractivity contribution >= 4 is 5.97 Å². The van der Waals surface area contributed by atoms with Crippen LogP contribution in [0.1, 0.15) is 18.4 Å². The number of carbonyl (C=O) groups is 1. The predicted molar refractivity (Wildman–Crippen MR) is 84.2 cm³/mol. The Morgan fingerprint density at radius 3 is 2.88 bits per heavy atom. The monoisotopic (exact) mass is 372 g/mol. The van der Waals surface area contributed by atoms with Crippen molar-refractivity contribution in [1.29, 1.82) is 0 Å². The maximum Gasteiger partial charge on any atom is 0.416 e. The molecule has 0 amide bonds. The lowest BCUT2D eigenvalue weighted by molar-refractivity contribution is -0.142. The molecule has 2 aliphatic rings. The molecule has 142 valence electrons. The van der Waals surface area contributed by atoms with Gasteiger partial charge in [0.05, 0.1) is 18.1 Å². The summed E-state index contributed by atoms with van der Waals surface area (Å²) in [5.41, 5.74) is -0.828. The zero-order valence-corrected chi connectivity index (χ0v) is 13.7. The lowest BCUT2D eigenvalue weighted by atomic mass is 9.91. The number of fused-ring (bicyclic) bond motifs is 1. The third-order valence-electron chi connectivity index (χ3n) is 4.71. The molecule has 3 rings (SSSR count). The summed E-state index contributed by atoms with van der Waals surface area (Å²) >= 11 is 0. The fourth-order valence-electron chi connectivity index (χ4n) is 3.44. The van der Waals surface area contributed by atoms with Crippen LogP contribution in [0.25, 0.3) is 0 Å². The van der Waals surface area contributed by atoms with Gasteiger partial charge in [0.15, 0.2) is 0 Å². The van der Waals surface area contributed by atoms with Crippen LogP contribution in [0.15, 0.2) is 36.4 Å². The number of ether oxygens (including phenoxy) is 2. The molecule has 1 aromatic rings. The van der Waals surface area contributed by atoms with Gasteiger partial charge >= 0.3 is 12.1 Å². The van der Waals surface area contributed by atoms with Crippen LogP contribution in [-0.4, -0.2) is 41.1 Å². The Bertz CT molecular complexity index is 688. The van der Waals surface area contributed by atoms with Crippen LogP contribution in [0, 0.1) is 11.8 Å². The highest BCUT2D eigenvalue weighted by atomic mass is 19.4. The van der Waals surface area contributed by atoms with E-state index in [1.54, 1.807) is 6.08 Å². The van der Waals surface area contributed by atoms with Gasteiger partial charge < -0.3 is 19.7 Å². The zero-order valence-electron chi connectivity index (χ0n) is 13.7. The predicted octanol–water partition coefficient (Wildman–Crippen LogP) is 2.31. The highest BCUT2D eigenvalue weighted by Crippen LogP contribution is 2.42. The summed E-state index contributed by atoms with van der Waals surface area (Å²) in [7, 11) is 0. The van der Waals surface area contributed by atoms with Crippen molar-refractivity contribution in [2.24, 2.45) is 11.8 Å². The molecule has 26 heavy (non-hydrogen) atoms. The highest BCUT2D eigenvalue weighted by Gasteiger charge is 2.48. The third kappa shape index (κ3) is 4.19. The molecule has 1 unspecified atom stereocenters. The van der Waals surface area contributed by atoms with E-state index in [0.717, 1.165) is 12.1 Å². The summed E-state index contributed by atoms with van der Waals surface area (Å²) in [6, 6.07) is 4.40. The lowest BCUT2D eigenvalue weighted by Crippen LogP contribution is -2.20. The highest BCUT2D eigenvalue weighted by molar-refractivity contribution is 5.72. The molecule has 0 radical (unpaired) electrons. The number of benzene rings is 1. The van der Waals surface area contributed by atoms with E-state index in [9.17, 15) is 28.2 Å². The second-order valence-corrected chi connectivity index (χ2v) is 6.57. The minimum atomic E-state index is -4.46. The lowest BCUT2D eigenvalue weighted by Gasteiger charge is -2.16. The molecule has 0 spiro atoms. The Labute approximate surface area is 148 Å².